The number of rotatable bonds is 7. The Balaban J connectivity index is 1.84. The van der Waals surface area contributed by atoms with Gasteiger partial charge in [0.15, 0.2) is 6.29 Å². The van der Waals surface area contributed by atoms with E-state index in [1.165, 1.54) is 0 Å². The number of ether oxygens (including phenoxy) is 2. The molecule has 6 nitrogen and oxygen atoms in total. The number of benzene rings is 2. The Morgan fingerprint density at radius 1 is 1.18 bits per heavy atom. The molecule has 150 valence electrons. The van der Waals surface area contributed by atoms with Gasteiger partial charge in [0, 0.05) is 12.2 Å². The molecule has 0 aromatic heterocycles. The van der Waals surface area contributed by atoms with Crippen molar-refractivity contribution in [2.45, 2.75) is 48.7 Å². The first-order valence-corrected chi connectivity index (χ1v) is 10.9. The SMILES string of the molecule is CC(=NO)c1ccc(S(=O)(=O)c2ccccc2)cc1CCOC1CCCCO1. The molecule has 0 radical (unpaired) electrons. The van der Waals surface area contributed by atoms with Crippen molar-refractivity contribution in [2.75, 3.05) is 13.2 Å². The van der Waals surface area contributed by atoms with Gasteiger partial charge in [0.05, 0.1) is 22.1 Å². The molecule has 0 saturated carbocycles. The molecule has 1 N–H and O–H groups in total. The number of sulfone groups is 1. The summed E-state index contributed by atoms with van der Waals surface area (Å²) in [5, 5.41) is 12.4. The average Bonchev–Trinajstić information content (AvgIpc) is 2.74. The largest absolute Gasteiger partial charge is 0.411 e. The summed E-state index contributed by atoms with van der Waals surface area (Å²) >= 11 is 0. The van der Waals surface area contributed by atoms with Gasteiger partial charge in [-0.25, -0.2) is 8.42 Å². The molecule has 0 aliphatic carbocycles. The molecule has 1 heterocycles. The second-order valence-corrected chi connectivity index (χ2v) is 8.69. The van der Waals surface area contributed by atoms with Crippen molar-refractivity contribution in [3.05, 3.63) is 59.7 Å². The topological polar surface area (TPSA) is 85.2 Å². The van der Waals surface area contributed by atoms with E-state index in [-0.39, 0.29) is 16.1 Å². The van der Waals surface area contributed by atoms with Gasteiger partial charge in [0.1, 0.15) is 0 Å². The molecule has 28 heavy (non-hydrogen) atoms. The third-order valence-electron chi connectivity index (χ3n) is 4.79. The van der Waals surface area contributed by atoms with E-state index < -0.39 is 9.84 Å². The fraction of sp³-hybridized carbons (Fsp3) is 0.381. The summed E-state index contributed by atoms with van der Waals surface area (Å²) in [6.45, 7) is 2.78. The molecule has 3 rings (SSSR count). The van der Waals surface area contributed by atoms with Gasteiger partial charge < -0.3 is 14.7 Å². The molecule has 0 spiro atoms. The van der Waals surface area contributed by atoms with E-state index in [0.717, 1.165) is 24.8 Å². The second kappa shape index (κ2) is 9.32. The molecule has 0 amide bonds. The molecule has 2 aromatic rings. The first kappa shape index (κ1) is 20.5. The van der Waals surface area contributed by atoms with E-state index in [0.29, 0.717) is 30.9 Å². The highest BCUT2D eigenvalue weighted by molar-refractivity contribution is 7.91. The molecule has 0 bridgehead atoms. The van der Waals surface area contributed by atoms with Crippen molar-refractivity contribution in [2.24, 2.45) is 5.16 Å². The third kappa shape index (κ3) is 4.79. The van der Waals surface area contributed by atoms with Crippen LogP contribution < -0.4 is 0 Å². The van der Waals surface area contributed by atoms with Crippen LogP contribution in [-0.4, -0.2) is 38.8 Å². The summed E-state index contributed by atoms with van der Waals surface area (Å²) in [5.41, 5.74) is 1.87. The normalized spacial score (nSPS) is 18.2. The van der Waals surface area contributed by atoms with Crippen LogP contribution in [0.2, 0.25) is 0 Å². The highest BCUT2D eigenvalue weighted by atomic mass is 32.2. The summed E-state index contributed by atoms with van der Waals surface area (Å²) in [6.07, 6.45) is 3.28. The van der Waals surface area contributed by atoms with Crippen LogP contribution in [-0.2, 0) is 25.7 Å². The minimum atomic E-state index is -3.62. The van der Waals surface area contributed by atoms with E-state index in [2.05, 4.69) is 5.16 Å². The number of nitrogens with zero attached hydrogens (tertiary/aromatic N) is 1. The van der Waals surface area contributed by atoms with Crippen LogP contribution in [0.5, 0.6) is 0 Å². The maximum atomic E-state index is 12.9. The van der Waals surface area contributed by atoms with Crippen molar-refractivity contribution in [1.82, 2.24) is 0 Å². The van der Waals surface area contributed by atoms with E-state index in [9.17, 15) is 8.42 Å². The number of oxime groups is 1. The molecular formula is C21H25NO5S. The van der Waals surface area contributed by atoms with Gasteiger partial charge >= 0.3 is 0 Å². The molecule has 1 fully saturated rings. The van der Waals surface area contributed by atoms with E-state index in [1.807, 2.05) is 0 Å². The molecule has 1 saturated heterocycles. The van der Waals surface area contributed by atoms with Crippen LogP contribution in [0.3, 0.4) is 0 Å². The van der Waals surface area contributed by atoms with E-state index >= 15 is 0 Å². The highest BCUT2D eigenvalue weighted by Crippen LogP contribution is 2.24. The highest BCUT2D eigenvalue weighted by Gasteiger charge is 2.20. The summed E-state index contributed by atoms with van der Waals surface area (Å²) in [7, 11) is -3.62. The monoisotopic (exact) mass is 403 g/mol. The van der Waals surface area contributed by atoms with E-state index in [4.69, 9.17) is 14.7 Å². The molecule has 1 atom stereocenters. The van der Waals surface area contributed by atoms with Gasteiger partial charge in [-0.3, -0.25) is 0 Å². The Morgan fingerprint density at radius 2 is 1.96 bits per heavy atom. The van der Waals surface area contributed by atoms with Gasteiger partial charge in [0.25, 0.3) is 0 Å². The van der Waals surface area contributed by atoms with Crippen LogP contribution in [0.1, 0.15) is 37.3 Å². The maximum Gasteiger partial charge on any atom is 0.206 e. The lowest BCUT2D eigenvalue weighted by Crippen LogP contribution is -2.23. The summed E-state index contributed by atoms with van der Waals surface area (Å²) in [5.74, 6) is 0. The molecule has 1 unspecified atom stereocenters. The van der Waals surface area contributed by atoms with Crippen LogP contribution in [0.4, 0.5) is 0 Å². The van der Waals surface area contributed by atoms with E-state index in [1.54, 1.807) is 55.5 Å². The first-order valence-electron chi connectivity index (χ1n) is 9.37. The van der Waals surface area contributed by atoms with Crippen molar-refractivity contribution in [3.8, 4) is 0 Å². The Morgan fingerprint density at radius 3 is 2.64 bits per heavy atom. The number of hydrogen-bond acceptors (Lipinski definition) is 6. The van der Waals surface area contributed by atoms with Crippen LogP contribution in [0.25, 0.3) is 0 Å². The Kier molecular flexibility index (Phi) is 6.83. The fourth-order valence-corrected chi connectivity index (χ4v) is 4.56. The summed E-state index contributed by atoms with van der Waals surface area (Å²) in [6, 6.07) is 13.2. The fourth-order valence-electron chi connectivity index (χ4n) is 3.23. The van der Waals surface area contributed by atoms with Crippen LogP contribution >= 0.6 is 0 Å². The van der Waals surface area contributed by atoms with Crippen molar-refractivity contribution in [1.29, 1.82) is 0 Å². The zero-order valence-corrected chi connectivity index (χ0v) is 16.7. The lowest BCUT2D eigenvalue weighted by molar-refractivity contribution is -0.161. The zero-order chi connectivity index (χ0) is 20.0. The Bertz CT molecular complexity index is 919. The van der Waals surface area contributed by atoms with Gasteiger partial charge in [-0.05, 0) is 62.4 Å². The number of hydrogen-bond donors (Lipinski definition) is 1. The predicted molar refractivity (Wildman–Crippen MR) is 106 cm³/mol. The summed E-state index contributed by atoms with van der Waals surface area (Å²) < 4.78 is 37.2. The molecule has 1 aliphatic heterocycles. The van der Waals surface area contributed by atoms with Crippen molar-refractivity contribution >= 4 is 15.5 Å². The van der Waals surface area contributed by atoms with Crippen molar-refractivity contribution < 1.29 is 23.1 Å². The summed E-state index contributed by atoms with van der Waals surface area (Å²) in [4.78, 5) is 0.449. The van der Waals surface area contributed by atoms with Crippen LogP contribution in [0.15, 0.2) is 63.5 Å². The van der Waals surface area contributed by atoms with Crippen molar-refractivity contribution in [3.63, 3.8) is 0 Å². The average molecular weight is 404 g/mol. The molecule has 7 heteroatoms. The zero-order valence-electron chi connectivity index (χ0n) is 15.9. The quantitative estimate of drug-likeness (QED) is 0.432. The minimum absolute atomic E-state index is 0.206. The van der Waals surface area contributed by atoms with Gasteiger partial charge in [-0.2, -0.15) is 0 Å². The Labute approximate surface area is 165 Å². The Hall–Kier alpha value is -2.22. The lowest BCUT2D eigenvalue weighted by Gasteiger charge is -2.23. The third-order valence-corrected chi connectivity index (χ3v) is 6.56. The molecule has 1 aliphatic rings. The second-order valence-electron chi connectivity index (χ2n) is 6.74. The lowest BCUT2D eigenvalue weighted by atomic mass is 10.0. The molecular weight excluding hydrogens is 378 g/mol. The van der Waals surface area contributed by atoms with Gasteiger partial charge in [-0.15, -0.1) is 0 Å². The van der Waals surface area contributed by atoms with Crippen LogP contribution in [0, 0.1) is 0 Å². The van der Waals surface area contributed by atoms with Gasteiger partial charge in [-0.1, -0.05) is 29.4 Å². The predicted octanol–water partition coefficient (Wildman–Crippen LogP) is 3.80. The smallest absolute Gasteiger partial charge is 0.206 e. The maximum absolute atomic E-state index is 12.9. The standard InChI is InChI=1S/C21H25NO5S/c1-16(22-23)20-11-10-19(28(24,25)18-7-3-2-4-8-18)15-17(20)12-14-27-21-9-5-6-13-26-21/h2-4,7-8,10-11,15,21,23H,5-6,9,12-14H2,1H3. The first-order chi connectivity index (χ1) is 13.5. The van der Waals surface area contributed by atoms with Gasteiger partial charge in [0.2, 0.25) is 9.84 Å². The molecule has 2 aromatic carbocycles. The minimum Gasteiger partial charge on any atom is -0.411 e.